The van der Waals surface area contributed by atoms with Gasteiger partial charge in [-0.2, -0.15) is 0 Å². The van der Waals surface area contributed by atoms with Crippen LogP contribution in [0.1, 0.15) is 40.3 Å². The highest BCUT2D eigenvalue weighted by Crippen LogP contribution is 2.38. The lowest BCUT2D eigenvalue weighted by Gasteiger charge is -2.14. The number of carbonyl (C=O) groups excluding carboxylic acids is 2. The van der Waals surface area contributed by atoms with Gasteiger partial charge in [0.15, 0.2) is 11.3 Å². The number of rotatable bonds is 5. The zero-order chi connectivity index (χ0) is 25.6. The SMILES string of the molecule is CCOC(=O)c1c(C)nc2nn3cc(-c4ccc(C)cc4)n(C(C)=O)c3c2c1-c1ccc(OC)cc1. The summed E-state index contributed by atoms with van der Waals surface area (Å²) in [5.74, 6) is 0.0305. The minimum Gasteiger partial charge on any atom is -0.497 e. The fraction of sp³-hybridized carbons (Fsp3) is 0.214. The Bertz CT molecular complexity index is 1630. The van der Waals surface area contributed by atoms with E-state index in [1.807, 2.05) is 61.7 Å². The molecule has 182 valence electrons. The minimum atomic E-state index is -0.478. The van der Waals surface area contributed by atoms with Gasteiger partial charge in [-0.15, -0.1) is 5.10 Å². The number of hydrogen-bond donors (Lipinski definition) is 0. The highest BCUT2D eigenvalue weighted by Gasteiger charge is 2.28. The van der Waals surface area contributed by atoms with E-state index in [9.17, 15) is 9.59 Å². The molecule has 2 aromatic carbocycles. The second kappa shape index (κ2) is 8.96. The Kier molecular flexibility index (Phi) is 5.80. The van der Waals surface area contributed by atoms with E-state index in [0.29, 0.717) is 44.9 Å². The van der Waals surface area contributed by atoms with Crippen molar-refractivity contribution in [2.45, 2.75) is 27.7 Å². The summed E-state index contributed by atoms with van der Waals surface area (Å²) in [5, 5.41) is 5.30. The molecule has 0 bridgehead atoms. The molecule has 3 aromatic heterocycles. The van der Waals surface area contributed by atoms with Crippen LogP contribution in [0.3, 0.4) is 0 Å². The van der Waals surface area contributed by atoms with Crippen molar-refractivity contribution in [3.63, 3.8) is 0 Å². The van der Waals surface area contributed by atoms with Crippen molar-refractivity contribution in [3.8, 4) is 28.1 Å². The zero-order valence-corrected chi connectivity index (χ0v) is 20.8. The van der Waals surface area contributed by atoms with E-state index in [-0.39, 0.29) is 12.5 Å². The van der Waals surface area contributed by atoms with Crippen LogP contribution in [0.25, 0.3) is 39.1 Å². The fourth-order valence-electron chi connectivity index (χ4n) is 4.57. The highest BCUT2D eigenvalue weighted by molar-refractivity contribution is 6.13. The first-order chi connectivity index (χ1) is 17.3. The molecule has 0 atom stereocenters. The number of carbonyl (C=O) groups is 2. The van der Waals surface area contributed by atoms with Gasteiger partial charge >= 0.3 is 5.97 Å². The van der Waals surface area contributed by atoms with Gasteiger partial charge in [0.05, 0.1) is 42.3 Å². The molecule has 5 aromatic rings. The lowest BCUT2D eigenvalue weighted by molar-refractivity contribution is 0.0526. The second-order valence-electron chi connectivity index (χ2n) is 8.60. The molecule has 0 saturated carbocycles. The predicted octanol–water partition coefficient (Wildman–Crippen LogP) is 5.48. The molecule has 36 heavy (non-hydrogen) atoms. The summed E-state index contributed by atoms with van der Waals surface area (Å²) in [6, 6.07) is 15.4. The summed E-state index contributed by atoms with van der Waals surface area (Å²) in [6.07, 6.45) is 1.82. The number of benzene rings is 2. The summed E-state index contributed by atoms with van der Waals surface area (Å²) in [5.41, 5.74) is 5.90. The van der Waals surface area contributed by atoms with Crippen LogP contribution in [0.15, 0.2) is 54.7 Å². The first-order valence-electron chi connectivity index (χ1n) is 11.7. The van der Waals surface area contributed by atoms with E-state index in [1.54, 1.807) is 30.0 Å². The van der Waals surface area contributed by atoms with Crippen LogP contribution in [0, 0.1) is 13.8 Å². The number of pyridine rings is 1. The van der Waals surface area contributed by atoms with Crippen molar-refractivity contribution in [1.82, 2.24) is 19.2 Å². The Hall–Kier alpha value is -4.46. The number of imidazole rings is 1. The monoisotopic (exact) mass is 482 g/mol. The van der Waals surface area contributed by atoms with E-state index < -0.39 is 5.97 Å². The van der Waals surface area contributed by atoms with Crippen molar-refractivity contribution in [1.29, 1.82) is 0 Å². The van der Waals surface area contributed by atoms with E-state index >= 15 is 0 Å². The van der Waals surface area contributed by atoms with Gasteiger partial charge in [0.1, 0.15) is 5.75 Å². The van der Waals surface area contributed by atoms with Gasteiger partial charge in [-0.25, -0.2) is 14.3 Å². The summed E-state index contributed by atoms with van der Waals surface area (Å²) in [6.45, 7) is 7.28. The number of methoxy groups -OCH3 is 1. The Labute approximate surface area is 208 Å². The van der Waals surface area contributed by atoms with Gasteiger partial charge in [-0.3, -0.25) is 9.36 Å². The average Bonchev–Trinajstić information content (AvgIpc) is 3.39. The Morgan fingerprint density at radius 1 is 0.972 bits per heavy atom. The highest BCUT2D eigenvalue weighted by atomic mass is 16.5. The van der Waals surface area contributed by atoms with Crippen LogP contribution in [0.4, 0.5) is 0 Å². The minimum absolute atomic E-state index is 0.179. The lowest BCUT2D eigenvalue weighted by Crippen LogP contribution is -2.11. The molecule has 0 aliphatic heterocycles. The molecule has 8 heteroatoms. The topological polar surface area (TPSA) is 87.7 Å². The number of nitrogens with zero attached hydrogens (tertiary/aromatic N) is 4. The molecule has 8 nitrogen and oxygen atoms in total. The van der Waals surface area contributed by atoms with Gasteiger partial charge in [0.25, 0.3) is 0 Å². The molecular weight excluding hydrogens is 456 g/mol. The van der Waals surface area contributed by atoms with Gasteiger partial charge < -0.3 is 9.47 Å². The molecule has 0 radical (unpaired) electrons. The molecule has 0 aliphatic rings. The van der Waals surface area contributed by atoms with E-state index in [4.69, 9.17) is 14.6 Å². The van der Waals surface area contributed by atoms with E-state index in [0.717, 1.165) is 16.7 Å². The van der Waals surface area contributed by atoms with Crippen molar-refractivity contribution < 1.29 is 19.1 Å². The third kappa shape index (κ3) is 3.71. The maximum atomic E-state index is 13.2. The number of hydrogen-bond acceptors (Lipinski definition) is 6. The van der Waals surface area contributed by atoms with Gasteiger partial charge in [0.2, 0.25) is 5.91 Å². The Balaban J connectivity index is 1.92. The molecule has 3 heterocycles. The lowest BCUT2D eigenvalue weighted by atomic mass is 9.96. The second-order valence-corrected chi connectivity index (χ2v) is 8.60. The molecular formula is C28H26N4O4. The van der Waals surface area contributed by atoms with Gasteiger partial charge in [-0.1, -0.05) is 42.0 Å². The van der Waals surface area contributed by atoms with Crippen molar-refractivity contribution >= 4 is 28.6 Å². The molecule has 0 amide bonds. The Morgan fingerprint density at radius 3 is 2.25 bits per heavy atom. The summed E-state index contributed by atoms with van der Waals surface area (Å²) in [7, 11) is 1.60. The van der Waals surface area contributed by atoms with Crippen molar-refractivity contribution in [3.05, 3.63) is 71.5 Å². The smallest absolute Gasteiger partial charge is 0.340 e. The first-order valence-corrected chi connectivity index (χ1v) is 11.7. The normalized spacial score (nSPS) is 11.2. The molecule has 0 aliphatic carbocycles. The molecule has 0 saturated heterocycles. The summed E-state index contributed by atoms with van der Waals surface area (Å²) >= 11 is 0. The average molecular weight is 483 g/mol. The molecule has 0 spiro atoms. The van der Waals surface area contributed by atoms with Crippen LogP contribution in [-0.2, 0) is 4.74 Å². The Morgan fingerprint density at radius 2 is 1.64 bits per heavy atom. The third-order valence-corrected chi connectivity index (χ3v) is 6.22. The van der Waals surface area contributed by atoms with Gasteiger partial charge in [-0.05, 0) is 38.5 Å². The molecule has 0 N–H and O–H groups in total. The van der Waals surface area contributed by atoms with E-state index in [2.05, 4.69) is 4.98 Å². The van der Waals surface area contributed by atoms with Crippen molar-refractivity contribution in [2.24, 2.45) is 0 Å². The van der Waals surface area contributed by atoms with E-state index in [1.165, 1.54) is 6.92 Å². The molecule has 0 unspecified atom stereocenters. The van der Waals surface area contributed by atoms with Crippen LogP contribution in [0.2, 0.25) is 0 Å². The summed E-state index contributed by atoms with van der Waals surface area (Å²) in [4.78, 5) is 30.9. The number of ether oxygens (including phenoxy) is 2. The van der Waals surface area contributed by atoms with Crippen LogP contribution >= 0.6 is 0 Å². The van der Waals surface area contributed by atoms with Crippen LogP contribution in [0.5, 0.6) is 5.75 Å². The maximum Gasteiger partial charge on any atom is 0.340 e. The van der Waals surface area contributed by atoms with Gasteiger partial charge in [0, 0.05) is 18.1 Å². The fourth-order valence-corrected chi connectivity index (χ4v) is 4.57. The molecule has 5 rings (SSSR count). The first kappa shape index (κ1) is 23.3. The third-order valence-electron chi connectivity index (χ3n) is 6.22. The van der Waals surface area contributed by atoms with Crippen LogP contribution < -0.4 is 4.74 Å². The summed E-state index contributed by atoms with van der Waals surface area (Å²) < 4.78 is 14.0. The number of fused-ring (bicyclic) bond motifs is 3. The largest absolute Gasteiger partial charge is 0.497 e. The predicted molar refractivity (Wildman–Crippen MR) is 138 cm³/mol. The van der Waals surface area contributed by atoms with Crippen molar-refractivity contribution in [2.75, 3.05) is 13.7 Å². The number of aromatic nitrogens is 4. The standard InChI is InChI=1S/C28H26N4O4/c1-6-36-28(34)23-17(3)29-26-25(24(23)20-11-13-21(35-5)14-12-20)27-31(30-26)15-22(32(27)18(4)33)19-9-7-16(2)8-10-19/h7-15H,6H2,1-5H3. The maximum absolute atomic E-state index is 13.2. The number of esters is 1. The molecule has 0 fully saturated rings. The zero-order valence-electron chi connectivity index (χ0n) is 20.8. The van der Waals surface area contributed by atoms with Crippen LogP contribution in [-0.4, -0.2) is 44.8 Å². The quantitative estimate of drug-likeness (QED) is 0.308. The number of aryl methyl sites for hydroxylation is 2.